The van der Waals surface area contributed by atoms with Crippen LogP contribution in [0.1, 0.15) is 33.6 Å². The molecule has 88 valence electrons. The molecule has 0 heterocycles. The van der Waals surface area contributed by atoms with Gasteiger partial charge in [0, 0.05) is 19.2 Å². The van der Waals surface area contributed by atoms with Crippen LogP contribution in [0.25, 0.3) is 0 Å². The van der Waals surface area contributed by atoms with Crippen LogP contribution in [-0.2, 0) is 9.53 Å². The summed E-state index contributed by atoms with van der Waals surface area (Å²) in [5, 5.41) is 6.13. The fraction of sp³-hybridized carbons (Fsp3) is 0.909. The van der Waals surface area contributed by atoms with Crippen LogP contribution < -0.4 is 10.6 Å². The van der Waals surface area contributed by atoms with E-state index in [1.807, 2.05) is 20.8 Å². The van der Waals surface area contributed by atoms with E-state index in [9.17, 15) is 4.79 Å². The highest BCUT2D eigenvalue weighted by Crippen LogP contribution is 2.18. The van der Waals surface area contributed by atoms with E-state index in [4.69, 9.17) is 4.74 Å². The first-order valence-corrected chi connectivity index (χ1v) is 5.78. The maximum atomic E-state index is 11.5. The second-order valence-corrected chi connectivity index (χ2v) is 4.18. The lowest BCUT2D eigenvalue weighted by Crippen LogP contribution is -2.45. The van der Waals surface area contributed by atoms with Crippen molar-refractivity contribution in [1.82, 2.24) is 10.6 Å². The molecule has 15 heavy (non-hydrogen) atoms. The molecule has 1 rings (SSSR count). The third-order valence-electron chi connectivity index (χ3n) is 2.48. The van der Waals surface area contributed by atoms with Crippen molar-refractivity contribution < 1.29 is 9.53 Å². The minimum absolute atomic E-state index is 0.0983. The van der Waals surface area contributed by atoms with Crippen molar-refractivity contribution in [2.45, 2.75) is 51.8 Å². The minimum atomic E-state index is -0.131. The van der Waals surface area contributed by atoms with Crippen molar-refractivity contribution in [2.24, 2.45) is 0 Å². The molecule has 1 saturated carbocycles. The van der Waals surface area contributed by atoms with E-state index < -0.39 is 0 Å². The Kier molecular flexibility index (Phi) is 5.05. The van der Waals surface area contributed by atoms with Crippen LogP contribution in [0.2, 0.25) is 0 Å². The van der Waals surface area contributed by atoms with E-state index in [0.29, 0.717) is 19.2 Å². The first kappa shape index (κ1) is 12.5. The van der Waals surface area contributed by atoms with Crippen molar-refractivity contribution in [3.63, 3.8) is 0 Å². The maximum Gasteiger partial charge on any atom is 0.237 e. The summed E-state index contributed by atoms with van der Waals surface area (Å²) in [6.07, 6.45) is 2.42. The van der Waals surface area contributed by atoms with Gasteiger partial charge in [-0.15, -0.1) is 0 Å². The van der Waals surface area contributed by atoms with Crippen molar-refractivity contribution in [1.29, 1.82) is 0 Å². The van der Waals surface area contributed by atoms with Gasteiger partial charge in [0.1, 0.15) is 0 Å². The van der Waals surface area contributed by atoms with E-state index in [0.717, 1.165) is 12.8 Å². The number of hydrogen-bond donors (Lipinski definition) is 2. The highest BCUT2D eigenvalue weighted by Gasteiger charge is 2.25. The summed E-state index contributed by atoms with van der Waals surface area (Å²) < 4.78 is 5.37. The Bertz CT molecular complexity index is 205. The monoisotopic (exact) mass is 214 g/mol. The van der Waals surface area contributed by atoms with Gasteiger partial charge in [0.2, 0.25) is 5.91 Å². The van der Waals surface area contributed by atoms with Gasteiger partial charge in [0.25, 0.3) is 0 Å². The molecule has 0 aromatic heterocycles. The predicted molar refractivity (Wildman–Crippen MR) is 59.7 cm³/mol. The Balaban J connectivity index is 2.10. The normalized spacial score (nSPS) is 19.7. The molecule has 0 aromatic rings. The highest BCUT2D eigenvalue weighted by atomic mass is 16.5. The van der Waals surface area contributed by atoms with E-state index in [1.54, 1.807) is 0 Å². The maximum absolute atomic E-state index is 11.5. The Hall–Kier alpha value is -0.610. The van der Waals surface area contributed by atoms with Gasteiger partial charge in [-0.2, -0.15) is 0 Å². The van der Waals surface area contributed by atoms with Gasteiger partial charge in [-0.05, 0) is 33.6 Å². The Morgan fingerprint density at radius 1 is 1.47 bits per heavy atom. The molecule has 0 bridgehead atoms. The lowest BCUT2D eigenvalue weighted by molar-refractivity contribution is -0.123. The first-order valence-electron chi connectivity index (χ1n) is 5.78. The molecule has 1 fully saturated rings. The third kappa shape index (κ3) is 5.14. The quantitative estimate of drug-likeness (QED) is 0.655. The van der Waals surface area contributed by atoms with Crippen LogP contribution in [0.3, 0.4) is 0 Å². The molecular formula is C11H22N2O2. The number of nitrogens with one attached hydrogen (secondary N) is 2. The highest BCUT2D eigenvalue weighted by molar-refractivity contribution is 5.81. The molecule has 2 N–H and O–H groups in total. The van der Waals surface area contributed by atoms with E-state index in [1.165, 1.54) is 0 Å². The molecule has 0 radical (unpaired) electrons. The topological polar surface area (TPSA) is 50.4 Å². The van der Waals surface area contributed by atoms with E-state index in [2.05, 4.69) is 10.6 Å². The summed E-state index contributed by atoms with van der Waals surface area (Å²) in [5.74, 6) is 0.0983. The van der Waals surface area contributed by atoms with Crippen molar-refractivity contribution in [3.05, 3.63) is 0 Å². The molecule has 4 heteroatoms. The largest absolute Gasteiger partial charge is 0.377 e. The van der Waals surface area contributed by atoms with Crippen LogP contribution >= 0.6 is 0 Å². The van der Waals surface area contributed by atoms with E-state index >= 15 is 0 Å². The fourth-order valence-corrected chi connectivity index (χ4v) is 1.33. The SMILES string of the molecule is CCOC(C)CNC(C)C(=O)NC1CC1. The summed E-state index contributed by atoms with van der Waals surface area (Å²) in [6.45, 7) is 7.29. The Morgan fingerprint density at radius 2 is 2.13 bits per heavy atom. The third-order valence-corrected chi connectivity index (χ3v) is 2.48. The average Bonchev–Trinajstić information content (AvgIpc) is 2.98. The second-order valence-electron chi connectivity index (χ2n) is 4.18. The van der Waals surface area contributed by atoms with Gasteiger partial charge in [0.05, 0.1) is 12.1 Å². The van der Waals surface area contributed by atoms with Crippen molar-refractivity contribution in [2.75, 3.05) is 13.2 Å². The van der Waals surface area contributed by atoms with Crippen LogP contribution in [0, 0.1) is 0 Å². The fourth-order valence-electron chi connectivity index (χ4n) is 1.33. The number of ether oxygens (including phenoxy) is 1. The first-order chi connectivity index (χ1) is 7.13. The van der Waals surface area contributed by atoms with Gasteiger partial charge < -0.3 is 15.4 Å². The molecule has 0 aliphatic heterocycles. The zero-order chi connectivity index (χ0) is 11.3. The average molecular weight is 214 g/mol. The van der Waals surface area contributed by atoms with Crippen molar-refractivity contribution >= 4 is 5.91 Å². The number of carbonyl (C=O) groups is 1. The molecular weight excluding hydrogens is 192 g/mol. The molecule has 1 aliphatic rings. The zero-order valence-corrected chi connectivity index (χ0v) is 9.88. The lowest BCUT2D eigenvalue weighted by Gasteiger charge is -2.17. The molecule has 4 nitrogen and oxygen atoms in total. The molecule has 0 saturated heterocycles. The summed E-state index contributed by atoms with van der Waals surface area (Å²) in [7, 11) is 0. The number of carbonyl (C=O) groups excluding carboxylic acids is 1. The number of hydrogen-bond acceptors (Lipinski definition) is 3. The summed E-state index contributed by atoms with van der Waals surface area (Å²) in [5.41, 5.74) is 0. The smallest absolute Gasteiger partial charge is 0.237 e. The van der Waals surface area contributed by atoms with Crippen LogP contribution in [0.4, 0.5) is 0 Å². The van der Waals surface area contributed by atoms with E-state index in [-0.39, 0.29) is 18.1 Å². The number of rotatable bonds is 7. The van der Waals surface area contributed by atoms with Crippen LogP contribution in [0.15, 0.2) is 0 Å². The molecule has 0 spiro atoms. The van der Waals surface area contributed by atoms with Gasteiger partial charge in [0.15, 0.2) is 0 Å². The molecule has 1 amide bonds. The minimum Gasteiger partial charge on any atom is -0.377 e. The van der Waals surface area contributed by atoms with Crippen LogP contribution in [0.5, 0.6) is 0 Å². The van der Waals surface area contributed by atoms with Crippen molar-refractivity contribution in [3.8, 4) is 0 Å². The van der Waals surface area contributed by atoms with Gasteiger partial charge in [-0.1, -0.05) is 0 Å². The number of amides is 1. The Morgan fingerprint density at radius 3 is 2.67 bits per heavy atom. The van der Waals surface area contributed by atoms with Gasteiger partial charge in [-0.25, -0.2) is 0 Å². The molecule has 1 aliphatic carbocycles. The lowest BCUT2D eigenvalue weighted by atomic mass is 10.3. The summed E-state index contributed by atoms with van der Waals surface area (Å²) in [6, 6.07) is 0.305. The molecule has 0 aromatic carbocycles. The molecule has 2 unspecified atom stereocenters. The van der Waals surface area contributed by atoms with Crippen LogP contribution in [-0.4, -0.2) is 37.2 Å². The standard InChI is InChI=1S/C11H22N2O2/c1-4-15-8(2)7-12-9(3)11(14)13-10-5-6-10/h8-10,12H,4-7H2,1-3H3,(H,13,14). The summed E-state index contributed by atoms with van der Waals surface area (Å²) >= 11 is 0. The summed E-state index contributed by atoms with van der Waals surface area (Å²) in [4.78, 5) is 11.5. The zero-order valence-electron chi connectivity index (χ0n) is 9.88. The Labute approximate surface area is 91.8 Å². The van der Waals surface area contributed by atoms with Gasteiger partial charge >= 0.3 is 0 Å². The predicted octanol–water partition coefficient (Wildman–Crippen LogP) is 0.668. The van der Waals surface area contributed by atoms with Gasteiger partial charge in [-0.3, -0.25) is 4.79 Å². The second kappa shape index (κ2) is 6.08. The molecule has 2 atom stereocenters.